The van der Waals surface area contributed by atoms with E-state index in [-0.39, 0.29) is 0 Å². The molecule has 1 aromatic rings. The van der Waals surface area contributed by atoms with Crippen molar-refractivity contribution in [2.75, 3.05) is 11.5 Å². The summed E-state index contributed by atoms with van der Waals surface area (Å²) in [5, 5.41) is 3.87. The van der Waals surface area contributed by atoms with E-state index in [2.05, 4.69) is 57.3 Å². The zero-order chi connectivity index (χ0) is 13.9. The number of hydrogen-bond acceptors (Lipinski definition) is 2. The van der Waals surface area contributed by atoms with E-state index in [1.807, 2.05) is 11.8 Å². The second-order valence-electron chi connectivity index (χ2n) is 6.35. The van der Waals surface area contributed by atoms with Gasteiger partial charge in [-0.15, -0.1) is 0 Å². The smallest absolute Gasteiger partial charge is 0.0379 e. The van der Waals surface area contributed by atoms with Crippen LogP contribution in [0.3, 0.4) is 0 Å². The van der Waals surface area contributed by atoms with Crippen LogP contribution in [-0.2, 0) is 6.42 Å². The van der Waals surface area contributed by atoms with Crippen molar-refractivity contribution in [2.24, 2.45) is 5.41 Å². The first-order valence-electron chi connectivity index (χ1n) is 7.46. The Morgan fingerprint density at radius 1 is 1.37 bits per heavy atom. The quantitative estimate of drug-likeness (QED) is 0.772. The third-order valence-electron chi connectivity index (χ3n) is 4.14. The first-order valence-corrected chi connectivity index (χ1v) is 8.61. The van der Waals surface area contributed by atoms with E-state index in [1.165, 1.54) is 35.5 Å². The molecule has 1 aromatic carbocycles. The largest absolute Gasteiger partial charge is 0.307 e. The van der Waals surface area contributed by atoms with Gasteiger partial charge in [0.25, 0.3) is 0 Å². The van der Waals surface area contributed by atoms with Gasteiger partial charge in [0, 0.05) is 12.1 Å². The molecule has 2 heteroatoms. The summed E-state index contributed by atoms with van der Waals surface area (Å²) in [5.74, 6) is 2.49. The Morgan fingerprint density at radius 2 is 2.11 bits per heavy atom. The Morgan fingerprint density at radius 3 is 2.84 bits per heavy atom. The molecule has 1 N–H and O–H groups in total. The lowest BCUT2D eigenvalue weighted by atomic mass is 9.85. The molecule has 0 aromatic heterocycles. The van der Waals surface area contributed by atoms with Crippen LogP contribution in [0.15, 0.2) is 24.3 Å². The van der Waals surface area contributed by atoms with Crippen molar-refractivity contribution < 1.29 is 0 Å². The second kappa shape index (κ2) is 6.32. The number of hydrogen-bond donors (Lipinski definition) is 1. The van der Waals surface area contributed by atoms with Crippen LogP contribution in [0.4, 0.5) is 0 Å². The van der Waals surface area contributed by atoms with Crippen LogP contribution >= 0.6 is 11.8 Å². The molecule has 0 heterocycles. The monoisotopic (exact) mass is 277 g/mol. The minimum atomic E-state index is 0.329. The van der Waals surface area contributed by atoms with Crippen LogP contribution in [0.5, 0.6) is 0 Å². The van der Waals surface area contributed by atoms with Crippen molar-refractivity contribution in [3.05, 3.63) is 35.4 Å². The predicted molar refractivity (Wildman–Crippen MR) is 86.9 cm³/mol. The fourth-order valence-corrected chi connectivity index (χ4v) is 3.89. The molecule has 1 aliphatic carbocycles. The summed E-state index contributed by atoms with van der Waals surface area (Å²) in [6.45, 7) is 9.34. The summed E-state index contributed by atoms with van der Waals surface area (Å²) in [6.07, 6.45) is 2.45. The average molecular weight is 277 g/mol. The SMILES string of the molecule is CCSCCC(C)NC1c2ccccc2CC1(C)C. The van der Waals surface area contributed by atoms with Gasteiger partial charge < -0.3 is 5.32 Å². The van der Waals surface area contributed by atoms with E-state index in [4.69, 9.17) is 0 Å². The standard InChI is InChI=1S/C17H27NS/c1-5-19-11-10-13(2)18-16-15-9-7-6-8-14(15)12-17(16,3)4/h6-9,13,16,18H,5,10-12H2,1-4H3. The summed E-state index contributed by atoms with van der Waals surface area (Å²) in [7, 11) is 0. The van der Waals surface area contributed by atoms with E-state index >= 15 is 0 Å². The van der Waals surface area contributed by atoms with Crippen molar-refractivity contribution in [3.8, 4) is 0 Å². The number of fused-ring (bicyclic) bond motifs is 1. The maximum atomic E-state index is 3.87. The number of benzene rings is 1. The lowest BCUT2D eigenvalue weighted by Gasteiger charge is -2.31. The van der Waals surface area contributed by atoms with Gasteiger partial charge in [0.05, 0.1) is 0 Å². The predicted octanol–water partition coefficient (Wildman–Crippen LogP) is 4.43. The van der Waals surface area contributed by atoms with Crippen molar-refractivity contribution in [1.82, 2.24) is 5.32 Å². The highest BCUT2D eigenvalue weighted by Gasteiger charge is 2.38. The molecular weight excluding hydrogens is 250 g/mol. The van der Waals surface area contributed by atoms with Crippen LogP contribution in [0.1, 0.15) is 51.3 Å². The minimum Gasteiger partial charge on any atom is -0.307 e. The highest BCUT2D eigenvalue weighted by molar-refractivity contribution is 7.99. The number of thioether (sulfide) groups is 1. The molecule has 2 atom stereocenters. The first-order chi connectivity index (χ1) is 9.04. The van der Waals surface area contributed by atoms with E-state index in [0.29, 0.717) is 17.5 Å². The van der Waals surface area contributed by atoms with E-state index in [0.717, 1.165) is 0 Å². The normalized spacial score (nSPS) is 22.2. The molecule has 0 saturated carbocycles. The molecule has 1 nitrogen and oxygen atoms in total. The van der Waals surface area contributed by atoms with Gasteiger partial charge in [-0.1, -0.05) is 45.0 Å². The first kappa shape index (κ1) is 14.9. The summed E-state index contributed by atoms with van der Waals surface area (Å²) in [5.41, 5.74) is 3.37. The molecule has 2 unspecified atom stereocenters. The van der Waals surface area contributed by atoms with Crippen LogP contribution in [0.2, 0.25) is 0 Å². The summed E-state index contributed by atoms with van der Waals surface area (Å²) < 4.78 is 0. The fraction of sp³-hybridized carbons (Fsp3) is 0.647. The summed E-state index contributed by atoms with van der Waals surface area (Å²) >= 11 is 2.04. The van der Waals surface area contributed by atoms with Gasteiger partial charge in [0.1, 0.15) is 0 Å². The molecule has 0 spiro atoms. The van der Waals surface area contributed by atoms with Crippen molar-refractivity contribution in [1.29, 1.82) is 0 Å². The fourth-order valence-electron chi connectivity index (χ4n) is 3.08. The second-order valence-corrected chi connectivity index (χ2v) is 7.74. The van der Waals surface area contributed by atoms with Crippen LogP contribution in [0, 0.1) is 5.41 Å². The number of rotatable bonds is 6. The molecule has 0 fully saturated rings. The maximum Gasteiger partial charge on any atom is 0.0379 e. The van der Waals surface area contributed by atoms with E-state index in [1.54, 1.807) is 0 Å². The van der Waals surface area contributed by atoms with Crippen LogP contribution in [-0.4, -0.2) is 17.5 Å². The molecule has 0 bridgehead atoms. The molecule has 19 heavy (non-hydrogen) atoms. The summed E-state index contributed by atoms with van der Waals surface area (Å²) in [4.78, 5) is 0. The molecule has 106 valence electrons. The topological polar surface area (TPSA) is 12.0 Å². The molecular formula is C17H27NS. The molecule has 0 saturated heterocycles. The third kappa shape index (κ3) is 3.55. The Kier molecular flexibility index (Phi) is 4.97. The van der Waals surface area contributed by atoms with Crippen molar-refractivity contribution in [2.45, 2.75) is 52.6 Å². The highest BCUT2D eigenvalue weighted by Crippen LogP contribution is 2.45. The van der Waals surface area contributed by atoms with Crippen molar-refractivity contribution >= 4 is 11.8 Å². The average Bonchev–Trinajstić information content (AvgIpc) is 2.61. The molecule has 0 amide bonds. The van der Waals surface area contributed by atoms with Crippen LogP contribution < -0.4 is 5.32 Å². The van der Waals surface area contributed by atoms with Gasteiger partial charge in [-0.3, -0.25) is 0 Å². The van der Waals surface area contributed by atoms with Gasteiger partial charge in [-0.25, -0.2) is 0 Å². The van der Waals surface area contributed by atoms with Gasteiger partial charge in [-0.05, 0) is 47.8 Å². The Bertz CT molecular complexity index is 413. The van der Waals surface area contributed by atoms with Crippen LogP contribution in [0.25, 0.3) is 0 Å². The molecule has 2 rings (SSSR count). The third-order valence-corrected chi connectivity index (χ3v) is 5.08. The Labute approximate surface area is 122 Å². The minimum absolute atomic E-state index is 0.329. The maximum absolute atomic E-state index is 3.87. The van der Waals surface area contributed by atoms with E-state index in [9.17, 15) is 0 Å². The van der Waals surface area contributed by atoms with Gasteiger partial charge in [-0.2, -0.15) is 11.8 Å². The zero-order valence-corrected chi connectivity index (χ0v) is 13.5. The van der Waals surface area contributed by atoms with Gasteiger partial charge >= 0.3 is 0 Å². The molecule has 0 radical (unpaired) electrons. The Hall–Kier alpha value is -0.470. The zero-order valence-electron chi connectivity index (χ0n) is 12.7. The molecule has 0 aliphatic heterocycles. The highest BCUT2D eigenvalue weighted by atomic mass is 32.2. The van der Waals surface area contributed by atoms with Gasteiger partial charge in [0.2, 0.25) is 0 Å². The lowest BCUT2D eigenvalue weighted by molar-refractivity contribution is 0.250. The lowest BCUT2D eigenvalue weighted by Crippen LogP contribution is -2.37. The molecule has 1 aliphatic rings. The summed E-state index contributed by atoms with van der Waals surface area (Å²) in [6, 6.07) is 10.0. The van der Waals surface area contributed by atoms with Gasteiger partial charge in [0.15, 0.2) is 0 Å². The van der Waals surface area contributed by atoms with Crippen molar-refractivity contribution in [3.63, 3.8) is 0 Å². The number of nitrogens with one attached hydrogen (secondary N) is 1. The Balaban J connectivity index is 2.02. The van der Waals surface area contributed by atoms with E-state index < -0.39 is 0 Å².